The van der Waals surface area contributed by atoms with Gasteiger partial charge in [-0.25, -0.2) is 0 Å². The number of hydrogen-bond donors (Lipinski definition) is 2. The van der Waals surface area contributed by atoms with Crippen molar-refractivity contribution in [3.8, 4) is 11.5 Å². The highest BCUT2D eigenvalue weighted by molar-refractivity contribution is 5.96. The molecule has 0 saturated carbocycles. The Morgan fingerprint density at radius 3 is 2.00 bits per heavy atom. The highest BCUT2D eigenvalue weighted by atomic mass is 16.5. The summed E-state index contributed by atoms with van der Waals surface area (Å²) >= 11 is 0. The molecule has 2 N–H and O–H groups in total. The van der Waals surface area contributed by atoms with Crippen LogP contribution in [0.5, 0.6) is 11.5 Å². The zero-order valence-corrected chi connectivity index (χ0v) is 17.7. The molecule has 3 aromatic rings. The molecule has 31 heavy (non-hydrogen) atoms. The van der Waals surface area contributed by atoms with Gasteiger partial charge in [0.15, 0.2) is 0 Å². The smallest absolute Gasteiger partial charge is 0.251 e. The van der Waals surface area contributed by atoms with E-state index in [1.54, 1.807) is 24.3 Å². The van der Waals surface area contributed by atoms with Crippen LogP contribution in [0.15, 0.2) is 84.9 Å². The van der Waals surface area contributed by atoms with Gasteiger partial charge in [-0.1, -0.05) is 48.5 Å². The van der Waals surface area contributed by atoms with Crippen LogP contribution in [0.4, 0.5) is 0 Å². The van der Waals surface area contributed by atoms with Crippen molar-refractivity contribution >= 4 is 11.8 Å². The number of para-hydroxylation sites is 1. The quantitative estimate of drug-likeness (QED) is 0.558. The van der Waals surface area contributed by atoms with Crippen molar-refractivity contribution in [2.24, 2.45) is 0 Å². The third-order valence-electron chi connectivity index (χ3n) is 4.81. The SMILES string of the molecule is CN(C)[C@@H](CNC(=O)CNC(=O)c1ccc(Oc2ccccc2)cc1)c1ccccc1. The first-order valence-electron chi connectivity index (χ1n) is 10.1. The summed E-state index contributed by atoms with van der Waals surface area (Å²) in [5, 5.41) is 5.55. The van der Waals surface area contributed by atoms with Gasteiger partial charge >= 0.3 is 0 Å². The van der Waals surface area contributed by atoms with E-state index in [-0.39, 0.29) is 24.4 Å². The fourth-order valence-corrected chi connectivity index (χ4v) is 3.11. The molecule has 3 rings (SSSR count). The highest BCUT2D eigenvalue weighted by Gasteiger charge is 2.15. The number of ether oxygens (including phenoxy) is 1. The molecule has 6 nitrogen and oxygen atoms in total. The molecule has 0 bridgehead atoms. The standard InChI is InChI=1S/C25H27N3O3/c1-28(2)23(19-9-5-3-6-10-19)17-26-24(29)18-27-25(30)20-13-15-22(16-14-20)31-21-11-7-4-8-12-21/h3-16,23H,17-18H2,1-2H3,(H,26,29)(H,27,30)/t23-/m0/s1. The maximum absolute atomic E-state index is 12.3. The molecule has 160 valence electrons. The van der Waals surface area contributed by atoms with Gasteiger partial charge in [0.25, 0.3) is 5.91 Å². The van der Waals surface area contributed by atoms with Crippen LogP contribution in [0, 0.1) is 0 Å². The number of likely N-dealkylation sites (N-methyl/N-ethyl adjacent to an activating group) is 1. The first-order chi connectivity index (χ1) is 15.0. The van der Waals surface area contributed by atoms with Gasteiger partial charge in [-0.2, -0.15) is 0 Å². The van der Waals surface area contributed by atoms with Crippen LogP contribution in [-0.4, -0.2) is 43.9 Å². The van der Waals surface area contributed by atoms with Crippen molar-refractivity contribution in [2.75, 3.05) is 27.2 Å². The zero-order valence-electron chi connectivity index (χ0n) is 17.7. The van der Waals surface area contributed by atoms with Gasteiger partial charge in [0.2, 0.25) is 5.91 Å². The van der Waals surface area contributed by atoms with E-state index >= 15 is 0 Å². The van der Waals surface area contributed by atoms with Crippen LogP contribution >= 0.6 is 0 Å². The number of carbonyl (C=O) groups is 2. The number of hydrogen-bond acceptors (Lipinski definition) is 4. The predicted octanol–water partition coefficient (Wildman–Crippen LogP) is 3.63. The molecule has 0 aliphatic rings. The molecule has 0 radical (unpaired) electrons. The third-order valence-corrected chi connectivity index (χ3v) is 4.81. The summed E-state index contributed by atoms with van der Waals surface area (Å²) in [6.07, 6.45) is 0. The van der Waals surface area contributed by atoms with E-state index < -0.39 is 0 Å². The van der Waals surface area contributed by atoms with Crippen LogP contribution in [0.2, 0.25) is 0 Å². The Hall–Kier alpha value is -3.64. The van der Waals surface area contributed by atoms with E-state index in [2.05, 4.69) is 10.6 Å². The lowest BCUT2D eigenvalue weighted by atomic mass is 10.1. The maximum atomic E-state index is 12.3. The summed E-state index contributed by atoms with van der Waals surface area (Å²) in [7, 11) is 3.94. The van der Waals surface area contributed by atoms with E-state index in [4.69, 9.17) is 4.74 Å². The molecule has 1 atom stereocenters. The Bertz CT molecular complexity index is 974. The molecular weight excluding hydrogens is 390 g/mol. The van der Waals surface area contributed by atoms with Crippen LogP contribution < -0.4 is 15.4 Å². The van der Waals surface area contributed by atoms with Crippen LogP contribution in [0.25, 0.3) is 0 Å². The fraction of sp³-hybridized carbons (Fsp3) is 0.200. The topological polar surface area (TPSA) is 70.7 Å². The van der Waals surface area contributed by atoms with Crippen molar-refractivity contribution in [2.45, 2.75) is 6.04 Å². The number of nitrogens with one attached hydrogen (secondary N) is 2. The lowest BCUT2D eigenvalue weighted by Crippen LogP contribution is -2.40. The Morgan fingerprint density at radius 1 is 0.806 bits per heavy atom. The lowest BCUT2D eigenvalue weighted by molar-refractivity contribution is -0.120. The molecule has 0 aliphatic heterocycles. The summed E-state index contributed by atoms with van der Waals surface area (Å²) in [5.41, 5.74) is 1.58. The number of carbonyl (C=O) groups excluding carboxylic acids is 2. The van der Waals surface area contributed by atoms with Gasteiger partial charge in [0.05, 0.1) is 12.6 Å². The van der Waals surface area contributed by atoms with Crippen molar-refractivity contribution < 1.29 is 14.3 Å². The third kappa shape index (κ3) is 6.69. The van der Waals surface area contributed by atoms with E-state index in [1.165, 1.54) is 0 Å². The summed E-state index contributed by atoms with van der Waals surface area (Å²) in [6.45, 7) is 0.368. The number of nitrogens with zero attached hydrogens (tertiary/aromatic N) is 1. The fourth-order valence-electron chi connectivity index (χ4n) is 3.11. The highest BCUT2D eigenvalue weighted by Crippen LogP contribution is 2.21. The minimum atomic E-state index is -0.311. The molecule has 0 unspecified atom stereocenters. The Labute approximate surface area is 182 Å². The molecule has 3 aromatic carbocycles. The lowest BCUT2D eigenvalue weighted by Gasteiger charge is -2.25. The first-order valence-corrected chi connectivity index (χ1v) is 10.1. The Morgan fingerprint density at radius 2 is 1.39 bits per heavy atom. The summed E-state index contributed by atoms with van der Waals surface area (Å²) in [6, 6.07) is 26.2. The molecular formula is C25H27N3O3. The van der Waals surface area contributed by atoms with Gasteiger partial charge < -0.3 is 20.3 Å². The van der Waals surface area contributed by atoms with Crippen LogP contribution in [0.1, 0.15) is 22.0 Å². The van der Waals surface area contributed by atoms with Crippen molar-refractivity contribution in [1.29, 1.82) is 0 Å². The first kappa shape index (κ1) is 22.1. The molecule has 0 spiro atoms. The molecule has 0 heterocycles. The van der Waals surface area contributed by atoms with Crippen molar-refractivity contribution in [1.82, 2.24) is 15.5 Å². The molecule has 0 aliphatic carbocycles. The summed E-state index contributed by atoms with van der Waals surface area (Å²) < 4.78 is 5.72. The molecule has 0 saturated heterocycles. The van der Waals surface area contributed by atoms with Crippen molar-refractivity contribution in [3.05, 3.63) is 96.1 Å². The molecule has 0 aromatic heterocycles. The average molecular weight is 418 g/mol. The van der Waals surface area contributed by atoms with Crippen LogP contribution in [0.3, 0.4) is 0 Å². The minimum Gasteiger partial charge on any atom is -0.457 e. The van der Waals surface area contributed by atoms with Crippen molar-refractivity contribution in [3.63, 3.8) is 0 Å². The van der Waals surface area contributed by atoms with Crippen LogP contribution in [-0.2, 0) is 4.79 Å². The van der Waals surface area contributed by atoms with Gasteiger partial charge in [-0.3, -0.25) is 9.59 Å². The zero-order chi connectivity index (χ0) is 22.1. The second-order valence-electron chi connectivity index (χ2n) is 7.32. The van der Waals surface area contributed by atoms with E-state index in [1.807, 2.05) is 79.7 Å². The van der Waals surface area contributed by atoms with E-state index in [0.29, 0.717) is 17.9 Å². The van der Waals surface area contributed by atoms with Gasteiger partial charge in [-0.15, -0.1) is 0 Å². The van der Waals surface area contributed by atoms with Gasteiger partial charge in [0.1, 0.15) is 11.5 Å². The predicted molar refractivity (Wildman–Crippen MR) is 121 cm³/mol. The number of amides is 2. The summed E-state index contributed by atoms with van der Waals surface area (Å²) in [4.78, 5) is 26.6. The monoisotopic (exact) mass is 417 g/mol. The molecule has 6 heteroatoms. The second kappa shape index (κ2) is 10.9. The largest absolute Gasteiger partial charge is 0.457 e. The number of benzene rings is 3. The molecule has 2 amide bonds. The van der Waals surface area contributed by atoms with Gasteiger partial charge in [-0.05, 0) is 56.1 Å². The van der Waals surface area contributed by atoms with E-state index in [9.17, 15) is 9.59 Å². The number of rotatable bonds is 9. The minimum absolute atomic E-state index is 0.0537. The van der Waals surface area contributed by atoms with Gasteiger partial charge in [0, 0.05) is 12.1 Å². The Balaban J connectivity index is 1.47. The molecule has 0 fully saturated rings. The maximum Gasteiger partial charge on any atom is 0.251 e. The Kier molecular flexibility index (Phi) is 7.79. The average Bonchev–Trinajstić information content (AvgIpc) is 2.79. The van der Waals surface area contributed by atoms with E-state index in [0.717, 1.165) is 11.3 Å². The second-order valence-corrected chi connectivity index (χ2v) is 7.32. The normalized spacial score (nSPS) is 11.6. The summed E-state index contributed by atoms with van der Waals surface area (Å²) in [5.74, 6) is 0.813.